The molecule has 1 nitrogen and oxygen atoms in total. The van der Waals surface area contributed by atoms with Crippen molar-refractivity contribution in [1.82, 2.24) is 5.32 Å². The molecule has 2 unspecified atom stereocenters. The van der Waals surface area contributed by atoms with E-state index in [0.717, 1.165) is 11.8 Å². The van der Waals surface area contributed by atoms with Gasteiger partial charge in [-0.1, -0.05) is 0 Å². The molecule has 2 aliphatic rings. The van der Waals surface area contributed by atoms with E-state index in [9.17, 15) is 0 Å². The molecule has 2 atom stereocenters. The number of fused-ring (bicyclic) bond motifs is 1. The molecule has 0 aromatic rings. The van der Waals surface area contributed by atoms with Crippen molar-refractivity contribution < 1.29 is 1.43 Å². The standard InChI is InChI=1S/C6H11N.H2/c1-2-7-4-6-3-5(1)6;/h5-7H,1-4H2;1H. The van der Waals surface area contributed by atoms with Crippen LogP contribution in [0.2, 0.25) is 0 Å². The van der Waals surface area contributed by atoms with Crippen LogP contribution in [0.1, 0.15) is 14.3 Å². The third-order valence-electron chi connectivity index (χ3n) is 2.17. The molecule has 1 saturated carbocycles. The molecule has 0 bridgehead atoms. The minimum atomic E-state index is 0. The van der Waals surface area contributed by atoms with Gasteiger partial charge in [0, 0.05) is 1.43 Å². The predicted molar refractivity (Wildman–Crippen MR) is 31.2 cm³/mol. The summed E-state index contributed by atoms with van der Waals surface area (Å²) >= 11 is 0. The Labute approximate surface area is 45.6 Å². The van der Waals surface area contributed by atoms with Gasteiger partial charge in [-0.2, -0.15) is 0 Å². The fourth-order valence-corrected chi connectivity index (χ4v) is 1.49. The molecule has 1 heterocycles. The lowest BCUT2D eigenvalue weighted by molar-refractivity contribution is 0.497. The maximum Gasteiger partial charge on any atom is 0 e. The van der Waals surface area contributed by atoms with Gasteiger partial charge < -0.3 is 5.32 Å². The third-order valence-corrected chi connectivity index (χ3v) is 2.17. The van der Waals surface area contributed by atoms with E-state index in [1.54, 1.807) is 0 Å². The summed E-state index contributed by atoms with van der Waals surface area (Å²) in [6, 6.07) is 0. The molecular weight excluding hydrogens is 86.1 g/mol. The zero-order valence-electron chi connectivity index (χ0n) is 4.48. The van der Waals surface area contributed by atoms with Crippen LogP contribution < -0.4 is 5.32 Å². The normalized spacial score (nSPS) is 48.0. The van der Waals surface area contributed by atoms with Crippen molar-refractivity contribution in [3.05, 3.63) is 0 Å². The fraction of sp³-hybridized carbons (Fsp3) is 1.00. The molecule has 2 rings (SSSR count). The van der Waals surface area contributed by atoms with Crippen LogP contribution in [-0.2, 0) is 0 Å². The van der Waals surface area contributed by atoms with E-state index in [4.69, 9.17) is 0 Å². The van der Waals surface area contributed by atoms with Gasteiger partial charge in [0.2, 0.25) is 0 Å². The molecule has 1 aliphatic carbocycles. The van der Waals surface area contributed by atoms with Crippen LogP contribution in [0.15, 0.2) is 0 Å². The fourth-order valence-electron chi connectivity index (χ4n) is 1.49. The summed E-state index contributed by atoms with van der Waals surface area (Å²) in [5.74, 6) is 2.23. The van der Waals surface area contributed by atoms with Crippen molar-refractivity contribution in [2.45, 2.75) is 12.8 Å². The van der Waals surface area contributed by atoms with E-state index < -0.39 is 0 Å². The lowest BCUT2D eigenvalue weighted by Gasteiger charge is -2.08. The van der Waals surface area contributed by atoms with E-state index in [0.29, 0.717) is 0 Å². The van der Waals surface area contributed by atoms with Crippen LogP contribution in [0.4, 0.5) is 0 Å². The lowest BCUT2D eigenvalue weighted by Crippen LogP contribution is -2.23. The summed E-state index contributed by atoms with van der Waals surface area (Å²) in [7, 11) is 0. The minimum Gasteiger partial charge on any atom is -0.316 e. The van der Waals surface area contributed by atoms with Crippen LogP contribution in [0.3, 0.4) is 0 Å². The van der Waals surface area contributed by atoms with Crippen molar-refractivity contribution in [1.29, 1.82) is 0 Å². The van der Waals surface area contributed by atoms with E-state index in [2.05, 4.69) is 5.32 Å². The lowest BCUT2D eigenvalue weighted by atomic mass is 10.2. The van der Waals surface area contributed by atoms with Crippen molar-refractivity contribution >= 4 is 0 Å². The summed E-state index contributed by atoms with van der Waals surface area (Å²) in [6.45, 7) is 2.59. The van der Waals surface area contributed by atoms with Gasteiger partial charge in [0.1, 0.15) is 0 Å². The molecule has 1 N–H and O–H groups in total. The zero-order valence-corrected chi connectivity index (χ0v) is 4.48. The number of hydrogen-bond acceptors (Lipinski definition) is 1. The highest BCUT2D eigenvalue weighted by molar-refractivity contribution is 4.91. The monoisotopic (exact) mass is 99.1 g/mol. The van der Waals surface area contributed by atoms with Gasteiger partial charge in [0.15, 0.2) is 0 Å². The summed E-state index contributed by atoms with van der Waals surface area (Å²) < 4.78 is 0. The smallest absolute Gasteiger partial charge is 0 e. The van der Waals surface area contributed by atoms with E-state index in [1.165, 1.54) is 25.9 Å². The van der Waals surface area contributed by atoms with Crippen LogP contribution in [0.25, 0.3) is 0 Å². The van der Waals surface area contributed by atoms with Gasteiger partial charge in [-0.25, -0.2) is 0 Å². The van der Waals surface area contributed by atoms with Crippen LogP contribution in [0.5, 0.6) is 0 Å². The van der Waals surface area contributed by atoms with Gasteiger partial charge in [0.05, 0.1) is 0 Å². The number of hydrogen-bond donors (Lipinski definition) is 1. The van der Waals surface area contributed by atoms with Gasteiger partial charge in [0.25, 0.3) is 0 Å². The topological polar surface area (TPSA) is 12.0 Å². The highest BCUT2D eigenvalue weighted by atomic mass is 14.9. The average molecular weight is 99.2 g/mol. The van der Waals surface area contributed by atoms with Crippen molar-refractivity contribution in [2.75, 3.05) is 13.1 Å². The molecule has 42 valence electrons. The van der Waals surface area contributed by atoms with Crippen molar-refractivity contribution in [3.8, 4) is 0 Å². The van der Waals surface area contributed by atoms with E-state index >= 15 is 0 Å². The molecule has 0 radical (unpaired) electrons. The molecule has 0 amide bonds. The van der Waals surface area contributed by atoms with E-state index in [1.807, 2.05) is 0 Å². The molecule has 1 heteroatoms. The number of piperidine rings is 1. The SMILES string of the molecule is C1CC2CC2CN1.[HH]. The van der Waals surface area contributed by atoms with E-state index in [-0.39, 0.29) is 1.43 Å². The molecule has 0 aromatic carbocycles. The molecule has 2 fully saturated rings. The Hall–Kier alpha value is -0.0400. The first-order valence-electron chi connectivity index (χ1n) is 3.17. The third kappa shape index (κ3) is 0.556. The second-order valence-corrected chi connectivity index (χ2v) is 2.75. The number of nitrogens with one attached hydrogen (secondary N) is 1. The van der Waals surface area contributed by atoms with Gasteiger partial charge in [-0.05, 0) is 37.8 Å². The maximum absolute atomic E-state index is 3.38. The van der Waals surface area contributed by atoms with Crippen molar-refractivity contribution in [2.24, 2.45) is 11.8 Å². The summed E-state index contributed by atoms with van der Waals surface area (Å²) in [6.07, 6.45) is 2.97. The van der Waals surface area contributed by atoms with Crippen LogP contribution >= 0.6 is 0 Å². The highest BCUT2D eigenvalue weighted by Gasteiger charge is 2.38. The van der Waals surface area contributed by atoms with Crippen LogP contribution in [0, 0.1) is 11.8 Å². The van der Waals surface area contributed by atoms with Crippen molar-refractivity contribution in [3.63, 3.8) is 0 Å². The molecule has 0 aromatic heterocycles. The molecular formula is C6H13N. The highest BCUT2D eigenvalue weighted by Crippen LogP contribution is 2.42. The molecule has 1 aliphatic heterocycles. The Morgan fingerprint density at radius 2 is 2.43 bits per heavy atom. The largest absolute Gasteiger partial charge is 0.316 e. The Balaban J connectivity index is 0.000000320. The molecule has 1 saturated heterocycles. The average Bonchev–Trinajstić information content (AvgIpc) is 2.41. The summed E-state index contributed by atoms with van der Waals surface area (Å²) in [5, 5.41) is 3.38. The summed E-state index contributed by atoms with van der Waals surface area (Å²) in [5.41, 5.74) is 0. The first kappa shape index (κ1) is 3.90. The van der Waals surface area contributed by atoms with Gasteiger partial charge >= 0.3 is 0 Å². The minimum absolute atomic E-state index is 0. The Bertz CT molecular complexity index is 74.6. The Morgan fingerprint density at radius 1 is 1.43 bits per heavy atom. The molecule has 7 heavy (non-hydrogen) atoms. The first-order valence-corrected chi connectivity index (χ1v) is 3.17. The summed E-state index contributed by atoms with van der Waals surface area (Å²) in [4.78, 5) is 0. The zero-order chi connectivity index (χ0) is 4.69. The first-order chi connectivity index (χ1) is 3.47. The predicted octanol–water partition coefficient (Wildman–Crippen LogP) is 0.862. The second-order valence-electron chi connectivity index (χ2n) is 2.75. The second kappa shape index (κ2) is 1.22. The maximum atomic E-state index is 3.38. The van der Waals surface area contributed by atoms with Gasteiger partial charge in [-0.3, -0.25) is 0 Å². The Kier molecular flexibility index (Phi) is 0.680. The number of rotatable bonds is 0. The Morgan fingerprint density at radius 3 is 3.00 bits per heavy atom. The van der Waals surface area contributed by atoms with Gasteiger partial charge in [-0.15, -0.1) is 0 Å². The molecule has 0 spiro atoms. The van der Waals surface area contributed by atoms with Crippen LogP contribution in [-0.4, -0.2) is 13.1 Å². The quantitative estimate of drug-likeness (QED) is 0.475.